The third-order valence-electron chi connectivity index (χ3n) is 7.54. The Morgan fingerprint density at radius 3 is 2.17 bits per heavy atom. The molecule has 6 rings (SSSR count). The minimum absolute atomic E-state index is 0.0548. The van der Waals surface area contributed by atoms with Gasteiger partial charge in [-0.15, -0.1) is 0 Å². The van der Waals surface area contributed by atoms with Gasteiger partial charge >= 0.3 is 0 Å². The zero-order valence-electron chi connectivity index (χ0n) is 16.7. The van der Waals surface area contributed by atoms with E-state index in [1.165, 1.54) is 29.6 Å². The van der Waals surface area contributed by atoms with Crippen LogP contribution in [0.5, 0.6) is 0 Å². The molecule has 0 unspecified atom stereocenters. The maximum absolute atomic E-state index is 13.1. The van der Waals surface area contributed by atoms with Crippen molar-refractivity contribution in [3.05, 3.63) is 28.8 Å². The van der Waals surface area contributed by atoms with Gasteiger partial charge in [0.05, 0.1) is 5.02 Å². The molecule has 0 atom stereocenters. The molecule has 1 heterocycles. The van der Waals surface area contributed by atoms with Crippen LogP contribution in [-0.2, 0) is 10.0 Å². The van der Waals surface area contributed by atoms with E-state index in [9.17, 15) is 13.2 Å². The number of carbonyl (C=O) groups excluding carboxylic acids is 1. The normalized spacial score (nSPS) is 34.3. The lowest BCUT2D eigenvalue weighted by Crippen LogP contribution is -2.59. The number of hydrogen-bond donors (Lipinski definition) is 1. The number of hydrogen-bond acceptors (Lipinski definition) is 3. The largest absolute Gasteiger partial charge is 0.347 e. The van der Waals surface area contributed by atoms with Gasteiger partial charge in [-0.05, 0) is 87.3 Å². The fourth-order valence-corrected chi connectivity index (χ4v) is 8.68. The average Bonchev–Trinajstić information content (AvgIpc) is 2.67. The number of nitrogens with zero attached hydrogens (tertiary/aromatic N) is 1. The van der Waals surface area contributed by atoms with Crippen molar-refractivity contribution in [3.63, 3.8) is 0 Å². The summed E-state index contributed by atoms with van der Waals surface area (Å²) in [6.07, 6.45) is 9.92. The summed E-state index contributed by atoms with van der Waals surface area (Å²) in [6.45, 7) is 1.03. The number of halogens is 1. The summed E-state index contributed by atoms with van der Waals surface area (Å²) in [5, 5.41) is 3.51. The Kier molecular flexibility index (Phi) is 4.95. The molecule has 4 bridgehead atoms. The summed E-state index contributed by atoms with van der Waals surface area (Å²) in [5.41, 5.74) is 0.290. The third-order valence-corrected chi connectivity index (χ3v) is 9.92. The molecular formula is C22H29ClN2O3S. The Morgan fingerprint density at radius 1 is 1.00 bits per heavy atom. The lowest BCUT2D eigenvalue weighted by atomic mass is 9.53. The van der Waals surface area contributed by atoms with Crippen LogP contribution in [0.1, 0.15) is 68.1 Å². The zero-order valence-corrected chi connectivity index (χ0v) is 18.3. The molecule has 5 aliphatic rings. The number of benzene rings is 1. The molecule has 0 spiro atoms. The van der Waals surface area contributed by atoms with Gasteiger partial charge in [0.25, 0.3) is 5.91 Å². The Labute approximate surface area is 178 Å². The highest BCUT2D eigenvalue weighted by Crippen LogP contribution is 2.55. The molecule has 1 N–H and O–H groups in total. The molecule has 5 fully saturated rings. The van der Waals surface area contributed by atoms with Crippen molar-refractivity contribution >= 4 is 27.5 Å². The summed E-state index contributed by atoms with van der Waals surface area (Å²) in [6, 6.07) is 4.67. The predicted molar refractivity (Wildman–Crippen MR) is 112 cm³/mol. The molecule has 7 heteroatoms. The van der Waals surface area contributed by atoms with Gasteiger partial charge in [-0.2, -0.15) is 4.31 Å². The van der Waals surface area contributed by atoms with E-state index in [0.717, 1.165) is 56.3 Å². The molecule has 1 amide bonds. The first-order valence-corrected chi connectivity index (χ1v) is 12.8. The molecule has 1 aromatic carbocycles. The SMILES string of the molecule is O=C(NC12CC3CC(CC(C3)C1)C2)c1ccc(Cl)c(S(=O)(=O)N2CCCCC2)c1. The fraction of sp³-hybridized carbons (Fsp3) is 0.682. The Morgan fingerprint density at radius 2 is 1.59 bits per heavy atom. The van der Waals surface area contributed by atoms with Crippen LogP contribution in [0.15, 0.2) is 23.1 Å². The molecule has 29 heavy (non-hydrogen) atoms. The van der Waals surface area contributed by atoms with Gasteiger partial charge < -0.3 is 5.32 Å². The number of amides is 1. The first-order chi connectivity index (χ1) is 13.8. The van der Waals surface area contributed by atoms with Crippen molar-refractivity contribution < 1.29 is 13.2 Å². The molecule has 1 saturated heterocycles. The molecule has 4 aliphatic carbocycles. The molecule has 4 saturated carbocycles. The highest BCUT2D eigenvalue weighted by atomic mass is 35.5. The lowest BCUT2D eigenvalue weighted by Gasteiger charge is -2.56. The number of piperidine rings is 1. The second-order valence-electron chi connectivity index (χ2n) is 9.76. The van der Waals surface area contributed by atoms with Crippen LogP contribution in [0.2, 0.25) is 5.02 Å². The van der Waals surface area contributed by atoms with Crippen molar-refractivity contribution in [1.82, 2.24) is 9.62 Å². The minimum atomic E-state index is -3.68. The summed E-state index contributed by atoms with van der Waals surface area (Å²) >= 11 is 6.27. The summed E-state index contributed by atoms with van der Waals surface area (Å²) < 4.78 is 27.7. The van der Waals surface area contributed by atoms with Gasteiger partial charge in [0.2, 0.25) is 10.0 Å². The van der Waals surface area contributed by atoms with Crippen molar-refractivity contribution in [2.45, 2.75) is 68.2 Å². The number of nitrogens with one attached hydrogen (secondary N) is 1. The monoisotopic (exact) mass is 436 g/mol. The average molecular weight is 437 g/mol. The van der Waals surface area contributed by atoms with Gasteiger partial charge in [0, 0.05) is 24.2 Å². The molecule has 1 aliphatic heterocycles. The van der Waals surface area contributed by atoms with Crippen LogP contribution in [0, 0.1) is 17.8 Å². The molecule has 1 aromatic rings. The molecule has 0 radical (unpaired) electrons. The number of sulfonamides is 1. The Hall–Kier alpha value is -1.11. The van der Waals surface area contributed by atoms with Crippen LogP contribution < -0.4 is 5.32 Å². The summed E-state index contributed by atoms with van der Waals surface area (Å²) in [7, 11) is -3.68. The minimum Gasteiger partial charge on any atom is -0.347 e. The van der Waals surface area contributed by atoms with Crippen LogP contribution in [0.4, 0.5) is 0 Å². The van der Waals surface area contributed by atoms with E-state index < -0.39 is 10.0 Å². The van der Waals surface area contributed by atoms with Gasteiger partial charge in [-0.1, -0.05) is 18.0 Å². The molecule has 158 valence electrons. The number of carbonyl (C=O) groups is 1. The quantitative estimate of drug-likeness (QED) is 0.768. The van der Waals surface area contributed by atoms with E-state index in [1.54, 1.807) is 12.1 Å². The first kappa shape index (κ1) is 19.8. The van der Waals surface area contributed by atoms with Crippen molar-refractivity contribution in [3.8, 4) is 0 Å². The highest BCUT2D eigenvalue weighted by molar-refractivity contribution is 7.89. The van der Waals surface area contributed by atoms with Gasteiger partial charge in [0.1, 0.15) is 4.90 Å². The van der Waals surface area contributed by atoms with Crippen LogP contribution in [0.25, 0.3) is 0 Å². The Balaban J connectivity index is 1.39. The van der Waals surface area contributed by atoms with Gasteiger partial charge in [-0.3, -0.25) is 4.79 Å². The second kappa shape index (κ2) is 7.24. The third kappa shape index (κ3) is 3.61. The molecule has 0 aromatic heterocycles. The predicted octanol–water partition coefficient (Wildman–Crippen LogP) is 4.21. The Bertz CT molecular complexity index is 889. The first-order valence-electron chi connectivity index (χ1n) is 11.0. The summed E-state index contributed by atoms with van der Waals surface area (Å²) in [5.74, 6) is 2.05. The maximum Gasteiger partial charge on any atom is 0.251 e. The van der Waals surface area contributed by atoms with E-state index in [-0.39, 0.29) is 21.4 Å². The summed E-state index contributed by atoms with van der Waals surface area (Å²) in [4.78, 5) is 13.2. The van der Waals surface area contributed by atoms with E-state index >= 15 is 0 Å². The van der Waals surface area contributed by atoms with Crippen LogP contribution in [-0.4, -0.2) is 37.3 Å². The zero-order chi connectivity index (χ0) is 20.2. The fourth-order valence-electron chi connectivity index (χ4n) is 6.66. The van der Waals surface area contributed by atoms with E-state index in [0.29, 0.717) is 18.7 Å². The highest BCUT2D eigenvalue weighted by Gasteiger charge is 2.51. The van der Waals surface area contributed by atoms with Gasteiger partial charge in [-0.25, -0.2) is 8.42 Å². The lowest BCUT2D eigenvalue weighted by molar-refractivity contribution is -0.0167. The molecular weight excluding hydrogens is 408 g/mol. The van der Waals surface area contributed by atoms with Crippen LogP contribution in [0.3, 0.4) is 0 Å². The van der Waals surface area contributed by atoms with Crippen LogP contribution >= 0.6 is 11.6 Å². The van der Waals surface area contributed by atoms with E-state index in [1.807, 2.05) is 0 Å². The van der Waals surface area contributed by atoms with Gasteiger partial charge in [0.15, 0.2) is 0 Å². The standard InChI is InChI=1S/C22H29ClN2O3S/c23-19-5-4-18(11-20(19)29(27,28)25-6-2-1-3-7-25)21(26)24-22-12-15-8-16(13-22)10-17(9-15)14-22/h4-5,11,15-17H,1-3,6-10,12-14H2,(H,24,26). The van der Waals surface area contributed by atoms with E-state index in [2.05, 4.69) is 5.32 Å². The van der Waals surface area contributed by atoms with Crippen molar-refractivity contribution in [1.29, 1.82) is 0 Å². The van der Waals surface area contributed by atoms with E-state index in [4.69, 9.17) is 11.6 Å². The molecule has 5 nitrogen and oxygen atoms in total. The van der Waals surface area contributed by atoms with Crippen molar-refractivity contribution in [2.75, 3.05) is 13.1 Å². The maximum atomic E-state index is 13.1. The smallest absolute Gasteiger partial charge is 0.251 e. The number of rotatable bonds is 4. The second-order valence-corrected chi connectivity index (χ2v) is 12.1. The topological polar surface area (TPSA) is 66.5 Å². The van der Waals surface area contributed by atoms with Crippen molar-refractivity contribution in [2.24, 2.45) is 17.8 Å².